The van der Waals surface area contributed by atoms with Crippen molar-refractivity contribution in [2.75, 3.05) is 0 Å². The minimum Gasteiger partial charge on any atom is -0.336 e. The van der Waals surface area contributed by atoms with E-state index in [2.05, 4.69) is 15.6 Å². The Morgan fingerprint density at radius 3 is 3.19 bits per heavy atom. The maximum Gasteiger partial charge on any atom is 0.236 e. The fourth-order valence-electron chi connectivity index (χ4n) is 1.95. The first-order chi connectivity index (χ1) is 7.84. The highest BCUT2D eigenvalue weighted by Gasteiger charge is 2.37. The lowest BCUT2D eigenvalue weighted by Gasteiger charge is -2.32. The van der Waals surface area contributed by atoms with E-state index in [1.165, 1.54) is 0 Å². The summed E-state index contributed by atoms with van der Waals surface area (Å²) in [5, 5.41) is 8.29. The molecule has 1 fully saturated rings. The fraction of sp³-hybridized carbons (Fsp3) is 0.273. The molecule has 4 nitrogen and oxygen atoms in total. The second-order valence-corrected chi connectivity index (χ2v) is 4.86. The SMILES string of the molecule is O=C1NC(c2cccnc2)NC2C=CSC12. The number of nitrogens with one attached hydrogen (secondary N) is 2. The predicted octanol–water partition coefficient (Wildman–Crippen LogP) is 0.797. The van der Waals surface area contributed by atoms with E-state index in [-0.39, 0.29) is 23.4 Å². The highest BCUT2D eigenvalue weighted by molar-refractivity contribution is 8.03. The van der Waals surface area contributed by atoms with Gasteiger partial charge < -0.3 is 5.32 Å². The largest absolute Gasteiger partial charge is 0.336 e. The summed E-state index contributed by atoms with van der Waals surface area (Å²) in [7, 11) is 0. The summed E-state index contributed by atoms with van der Waals surface area (Å²) in [5.74, 6) is 0.0904. The zero-order valence-electron chi connectivity index (χ0n) is 8.46. The number of rotatable bonds is 1. The summed E-state index contributed by atoms with van der Waals surface area (Å²) in [6, 6.07) is 3.95. The molecule has 1 saturated heterocycles. The van der Waals surface area contributed by atoms with Crippen molar-refractivity contribution in [2.24, 2.45) is 0 Å². The van der Waals surface area contributed by atoms with Gasteiger partial charge in [-0.1, -0.05) is 12.1 Å². The molecule has 3 heterocycles. The minimum atomic E-state index is -0.134. The van der Waals surface area contributed by atoms with Crippen molar-refractivity contribution in [3.05, 3.63) is 41.6 Å². The Balaban J connectivity index is 1.84. The first kappa shape index (κ1) is 9.86. The highest BCUT2D eigenvalue weighted by Crippen LogP contribution is 2.29. The molecular weight excluding hydrogens is 222 g/mol. The van der Waals surface area contributed by atoms with Crippen LogP contribution in [0.2, 0.25) is 0 Å². The number of hydrogen-bond donors (Lipinski definition) is 2. The quantitative estimate of drug-likeness (QED) is 0.753. The van der Waals surface area contributed by atoms with Crippen molar-refractivity contribution in [3.63, 3.8) is 0 Å². The zero-order chi connectivity index (χ0) is 11.0. The van der Waals surface area contributed by atoms with Crippen molar-refractivity contribution >= 4 is 17.7 Å². The molecule has 0 bridgehead atoms. The maximum atomic E-state index is 11.8. The molecule has 2 N–H and O–H groups in total. The van der Waals surface area contributed by atoms with Crippen LogP contribution in [-0.4, -0.2) is 22.2 Å². The van der Waals surface area contributed by atoms with Gasteiger partial charge in [-0.25, -0.2) is 0 Å². The number of aromatic nitrogens is 1. The van der Waals surface area contributed by atoms with Crippen LogP contribution in [0.1, 0.15) is 11.7 Å². The van der Waals surface area contributed by atoms with E-state index in [1.807, 2.05) is 23.6 Å². The van der Waals surface area contributed by atoms with Crippen LogP contribution in [0.25, 0.3) is 0 Å². The molecule has 0 spiro atoms. The summed E-state index contributed by atoms with van der Waals surface area (Å²) in [6.07, 6.45) is 5.40. The van der Waals surface area contributed by atoms with Crippen LogP contribution in [-0.2, 0) is 4.79 Å². The molecule has 3 unspecified atom stereocenters. The minimum absolute atomic E-state index is 0.0204. The number of hydrogen-bond acceptors (Lipinski definition) is 4. The summed E-state index contributed by atoms with van der Waals surface area (Å²) < 4.78 is 0. The number of amides is 1. The Bertz CT molecular complexity index is 434. The van der Waals surface area contributed by atoms with E-state index in [4.69, 9.17) is 0 Å². The van der Waals surface area contributed by atoms with Gasteiger partial charge in [0.15, 0.2) is 0 Å². The third kappa shape index (κ3) is 1.62. The molecule has 0 radical (unpaired) electrons. The average Bonchev–Trinajstić information content (AvgIpc) is 2.79. The number of carbonyl (C=O) groups excluding carboxylic acids is 1. The Kier molecular flexibility index (Phi) is 2.41. The van der Waals surface area contributed by atoms with Crippen molar-refractivity contribution in [3.8, 4) is 0 Å². The Morgan fingerprint density at radius 2 is 2.38 bits per heavy atom. The van der Waals surface area contributed by atoms with Gasteiger partial charge in [0, 0.05) is 24.0 Å². The van der Waals surface area contributed by atoms with Gasteiger partial charge >= 0.3 is 0 Å². The van der Waals surface area contributed by atoms with E-state index >= 15 is 0 Å². The monoisotopic (exact) mass is 233 g/mol. The number of nitrogens with zero attached hydrogens (tertiary/aromatic N) is 1. The van der Waals surface area contributed by atoms with Gasteiger partial charge in [0.25, 0.3) is 0 Å². The Morgan fingerprint density at radius 1 is 1.44 bits per heavy atom. The van der Waals surface area contributed by atoms with E-state index in [0.29, 0.717) is 0 Å². The lowest BCUT2D eigenvalue weighted by atomic mass is 10.1. The predicted molar refractivity (Wildman–Crippen MR) is 62.6 cm³/mol. The molecule has 1 amide bonds. The molecule has 1 aromatic rings. The van der Waals surface area contributed by atoms with Crippen LogP contribution in [0.3, 0.4) is 0 Å². The van der Waals surface area contributed by atoms with Gasteiger partial charge in [0.1, 0.15) is 11.4 Å². The number of thioether (sulfide) groups is 1. The Hall–Kier alpha value is -1.33. The van der Waals surface area contributed by atoms with E-state index in [0.717, 1.165) is 5.56 Å². The van der Waals surface area contributed by atoms with Crippen LogP contribution in [0, 0.1) is 0 Å². The molecule has 1 aromatic heterocycles. The topological polar surface area (TPSA) is 54.0 Å². The second-order valence-electron chi connectivity index (χ2n) is 3.81. The van der Waals surface area contributed by atoms with E-state index in [1.54, 1.807) is 24.2 Å². The molecule has 82 valence electrons. The second kappa shape index (κ2) is 3.92. The van der Waals surface area contributed by atoms with Crippen molar-refractivity contribution < 1.29 is 4.79 Å². The van der Waals surface area contributed by atoms with E-state index < -0.39 is 0 Å². The molecule has 0 aromatic carbocycles. The van der Waals surface area contributed by atoms with E-state index in [9.17, 15) is 4.79 Å². The molecular formula is C11H11N3OS. The highest BCUT2D eigenvalue weighted by atomic mass is 32.2. The molecule has 5 heteroatoms. The van der Waals surface area contributed by atoms with Gasteiger partial charge in [-0.2, -0.15) is 0 Å². The number of fused-ring (bicyclic) bond motifs is 1. The third-order valence-corrected chi connectivity index (χ3v) is 3.87. The van der Waals surface area contributed by atoms with Gasteiger partial charge in [-0.15, -0.1) is 11.8 Å². The first-order valence-corrected chi connectivity index (χ1v) is 6.07. The Labute approximate surface area is 97.5 Å². The van der Waals surface area contributed by atoms with Gasteiger partial charge in [0.2, 0.25) is 5.91 Å². The fourth-order valence-corrected chi connectivity index (χ4v) is 2.91. The summed E-state index contributed by atoms with van der Waals surface area (Å²) in [4.78, 5) is 15.9. The number of carbonyl (C=O) groups is 1. The van der Waals surface area contributed by atoms with Gasteiger partial charge in [-0.3, -0.25) is 15.1 Å². The first-order valence-electron chi connectivity index (χ1n) is 5.13. The van der Waals surface area contributed by atoms with Crippen molar-refractivity contribution in [1.82, 2.24) is 15.6 Å². The molecule has 0 aliphatic carbocycles. The maximum absolute atomic E-state index is 11.8. The zero-order valence-corrected chi connectivity index (χ0v) is 9.28. The lowest BCUT2D eigenvalue weighted by molar-refractivity contribution is -0.123. The van der Waals surface area contributed by atoms with Gasteiger partial charge in [-0.05, 0) is 11.5 Å². The number of pyridine rings is 1. The van der Waals surface area contributed by atoms with Crippen molar-refractivity contribution in [1.29, 1.82) is 0 Å². The summed E-state index contributed by atoms with van der Waals surface area (Å²) in [6.45, 7) is 0. The van der Waals surface area contributed by atoms with Crippen LogP contribution >= 0.6 is 11.8 Å². The third-order valence-electron chi connectivity index (χ3n) is 2.76. The normalized spacial score (nSPS) is 32.2. The van der Waals surface area contributed by atoms with Crippen LogP contribution in [0.4, 0.5) is 0 Å². The van der Waals surface area contributed by atoms with Crippen LogP contribution in [0.5, 0.6) is 0 Å². The molecule has 0 saturated carbocycles. The summed E-state index contributed by atoms with van der Waals surface area (Å²) >= 11 is 1.56. The standard InChI is InChI=1S/C11H11N3OS/c15-11-9-8(3-5-16-9)13-10(14-11)7-2-1-4-12-6-7/h1-6,8-10,13H,(H,14,15). The van der Waals surface area contributed by atoms with Crippen LogP contribution in [0.15, 0.2) is 36.0 Å². The molecule has 3 rings (SSSR count). The molecule has 3 atom stereocenters. The lowest BCUT2D eigenvalue weighted by Crippen LogP contribution is -2.56. The van der Waals surface area contributed by atoms with Gasteiger partial charge in [0.05, 0.1) is 0 Å². The average molecular weight is 233 g/mol. The summed E-state index contributed by atoms with van der Waals surface area (Å²) in [5.41, 5.74) is 0.986. The molecule has 16 heavy (non-hydrogen) atoms. The smallest absolute Gasteiger partial charge is 0.236 e. The van der Waals surface area contributed by atoms with Crippen LogP contribution < -0.4 is 10.6 Å². The van der Waals surface area contributed by atoms with Crippen molar-refractivity contribution in [2.45, 2.75) is 17.5 Å². The molecule has 2 aliphatic rings. The molecule has 2 aliphatic heterocycles.